The van der Waals surface area contributed by atoms with Crippen LogP contribution in [-0.2, 0) is 16.1 Å². The number of carbonyl (C=O) groups excluding carboxylic acids is 2. The van der Waals surface area contributed by atoms with Crippen molar-refractivity contribution in [2.24, 2.45) is 5.92 Å². The maximum atomic E-state index is 12.4. The van der Waals surface area contributed by atoms with E-state index in [2.05, 4.69) is 29.4 Å². The lowest BCUT2D eigenvalue weighted by Gasteiger charge is -2.10. The first kappa shape index (κ1) is 25.3. The molecule has 2 aromatic carbocycles. The number of nitrogens with one attached hydrogen (secondary N) is 1. The molecule has 0 saturated heterocycles. The first-order chi connectivity index (χ1) is 16.4. The van der Waals surface area contributed by atoms with Crippen LogP contribution in [0.2, 0.25) is 0 Å². The number of esters is 1. The van der Waals surface area contributed by atoms with Crippen LogP contribution in [0.15, 0.2) is 53.7 Å². The van der Waals surface area contributed by atoms with Gasteiger partial charge >= 0.3 is 5.97 Å². The molecule has 3 rings (SSSR count). The van der Waals surface area contributed by atoms with E-state index < -0.39 is 0 Å². The Bertz CT molecular complexity index is 1100. The maximum Gasteiger partial charge on any atom is 0.338 e. The Kier molecular flexibility index (Phi) is 9.09. The minimum atomic E-state index is -0.386. The summed E-state index contributed by atoms with van der Waals surface area (Å²) < 4.78 is 12.7. The standard InChI is InChI=1S/C25H30N4O4S/c1-5-29-23(18-9-13-21(14-10-18)33-15-17(3)4)27-28-25(29)34-16-22(30)26-20-11-7-19(8-12-20)24(31)32-6-2/h7-14,17H,5-6,15-16H2,1-4H3,(H,26,30). The van der Waals surface area contributed by atoms with Crippen LogP contribution in [0.25, 0.3) is 11.4 Å². The zero-order valence-electron chi connectivity index (χ0n) is 19.9. The summed E-state index contributed by atoms with van der Waals surface area (Å²) in [7, 11) is 0. The number of amides is 1. The molecular weight excluding hydrogens is 452 g/mol. The summed E-state index contributed by atoms with van der Waals surface area (Å²) in [5, 5.41) is 12.1. The van der Waals surface area contributed by atoms with Crippen molar-refractivity contribution in [1.82, 2.24) is 14.8 Å². The monoisotopic (exact) mass is 482 g/mol. The predicted molar refractivity (Wildman–Crippen MR) is 133 cm³/mol. The molecule has 1 heterocycles. The molecule has 0 fully saturated rings. The molecule has 34 heavy (non-hydrogen) atoms. The molecule has 180 valence electrons. The first-order valence-corrected chi connectivity index (χ1v) is 12.3. The second kappa shape index (κ2) is 12.2. The van der Waals surface area contributed by atoms with E-state index >= 15 is 0 Å². The van der Waals surface area contributed by atoms with E-state index in [4.69, 9.17) is 9.47 Å². The molecule has 0 spiro atoms. The second-order valence-electron chi connectivity index (χ2n) is 7.91. The Hall–Kier alpha value is -3.33. The molecule has 0 aliphatic carbocycles. The molecule has 3 aromatic rings. The molecule has 0 radical (unpaired) electrons. The number of hydrogen-bond donors (Lipinski definition) is 1. The summed E-state index contributed by atoms with van der Waals surface area (Å²) in [5.41, 5.74) is 1.98. The third-order valence-corrected chi connectivity index (χ3v) is 5.71. The number of ether oxygens (including phenoxy) is 2. The van der Waals surface area contributed by atoms with E-state index in [0.29, 0.717) is 42.1 Å². The lowest BCUT2D eigenvalue weighted by atomic mass is 10.2. The number of benzene rings is 2. The summed E-state index contributed by atoms with van der Waals surface area (Å²) in [6.07, 6.45) is 0. The highest BCUT2D eigenvalue weighted by molar-refractivity contribution is 7.99. The average Bonchev–Trinajstić information content (AvgIpc) is 3.25. The highest BCUT2D eigenvalue weighted by atomic mass is 32.2. The molecule has 9 heteroatoms. The van der Waals surface area contributed by atoms with Crippen molar-refractivity contribution in [2.45, 2.75) is 39.4 Å². The number of rotatable bonds is 11. The van der Waals surface area contributed by atoms with Crippen molar-refractivity contribution < 1.29 is 19.1 Å². The molecule has 1 N–H and O–H groups in total. The van der Waals surface area contributed by atoms with Crippen molar-refractivity contribution in [3.05, 3.63) is 54.1 Å². The van der Waals surface area contributed by atoms with Crippen LogP contribution in [0, 0.1) is 5.92 Å². The molecule has 0 bridgehead atoms. The number of aromatic nitrogens is 3. The van der Waals surface area contributed by atoms with Crippen molar-refractivity contribution in [3.63, 3.8) is 0 Å². The Morgan fingerprint density at radius 2 is 1.74 bits per heavy atom. The lowest BCUT2D eigenvalue weighted by molar-refractivity contribution is -0.113. The number of thioether (sulfide) groups is 1. The van der Waals surface area contributed by atoms with Crippen molar-refractivity contribution in [3.8, 4) is 17.1 Å². The second-order valence-corrected chi connectivity index (χ2v) is 8.86. The first-order valence-electron chi connectivity index (χ1n) is 11.3. The van der Waals surface area contributed by atoms with Crippen molar-refractivity contribution in [2.75, 3.05) is 24.3 Å². The third-order valence-electron chi connectivity index (χ3n) is 4.74. The third kappa shape index (κ3) is 6.84. The fourth-order valence-electron chi connectivity index (χ4n) is 3.09. The summed E-state index contributed by atoms with van der Waals surface area (Å²) in [6.45, 7) is 9.65. The van der Waals surface area contributed by atoms with Gasteiger partial charge in [0.25, 0.3) is 0 Å². The summed E-state index contributed by atoms with van der Waals surface area (Å²) in [4.78, 5) is 24.2. The Labute approximate surface area is 204 Å². The normalized spacial score (nSPS) is 10.9. The SMILES string of the molecule is CCOC(=O)c1ccc(NC(=O)CSc2nnc(-c3ccc(OCC(C)C)cc3)n2CC)cc1. The molecule has 1 aromatic heterocycles. The average molecular weight is 483 g/mol. The minimum absolute atomic E-state index is 0.173. The van der Waals surface area contributed by atoms with Crippen LogP contribution in [0.1, 0.15) is 38.1 Å². The molecule has 0 saturated carbocycles. The Morgan fingerprint density at radius 1 is 1.03 bits per heavy atom. The van der Waals surface area contributed by atoms with Gasteiger partial charge in [-0.05, 0) is 68.3 Å². The van der Waals surface area contributed by atoms with Crippen LogP contribution in [0.5, 0.6) is 5.75 Å². The van der Waals surface area contributed by atoms with Crippen LogP contribution in [0.3, 0.4) is 0 Å². The van der Waals surface area contributed by atoms with E-state index in [1.807, 2.05) is 35.8 Å². The number of hydrogen-bond acceptors (Lipinski definition) is 7. The zero-order valence-corrected chi connectivity index (χ0v) is 20.7. The van der Waals surface area contributed by atoms with Gasteiger partial charge in [0, 0.05) is 17.8 Å². The highest BCUT2D eigenvalue weighted by Crippen LogP contribution is 2.26. The van der Waals surface area contributed by atoms with E-state index in [-0.39, 0.29) is 17.6 Å². The highest BCUT2D eigenvalue weighted by Gasteiger charge is 2.15. The van der Waals surface area contributed by atoms with Gasteiger partial charge < -0.3 is 19.4 Å². The molecule has 0 aliphatic rings. The van der Waals surface area contributed by atoms with Gasteiger partial charge in [-0.25, -0.2) is 4.79 Å². The van der Waals surface area contributed by atoms with Gasteiger partial charge in [-0.3, -0.25) is 4.79 Å². The fraction of sp³-hybridized carbons (Fsp3) is 0.360. The van der Waals surface area contributed by atoms with E-state index in [1.165, 1.54) is 11.8 Å². The van der Waals surface area contributed by atoms with Gasteiger partial charge in [0.2, 0.25) is 5.91 Å². The summed E-state index contributed by atoms with van der Waals surface area (Å²) in [5.74, 6) is 1.65. The van der Waals surface area contributed by atoms with Gasteiger partial charge in [-0.2, -0.15) is 0 Å². The van der Waals surface area contributed by atoms with Gasteiger partial charge in [0.15, 0.2) is 11.0 Å². The summed E-state index contributed by atoms with van der Waals surface area (Å²) >= 11 is 1.32. The number of anilines is 1. The van der Waals surface area contributed by atoms with Gasteiger partial charge in [-0.15, -0.1) is 10.2 Å². The maximum absolute atomic E-state index is 12.4. The fourth-order valence-corrected chi connectivity index (χ4v) is 3.89. The predicted octanol–water partition coefficient (Wildman–Crippen LogP) is 4.91. The number of nitrogens with zero attached hydrogens (tertiary/aromatic N) is 3. The smallest absolute Gasteiger partial charge is 0.338 e. The van der Waals surface area contributed by atoms with Gasteiger partial charge in [-0.1, -0.05) is 25.6 Å². The van der Waals surface area contributed by atoms with Crippen molar-refractivity contribution in [1.29, 1.82) is 0 Å². The number of carbonyl (C=O) groups is 2. The summed E-state index contributed by atoms with van der Waals surface area (Å²) in [6, 6.07) is 14.4. The van der Waals surface area contributed by atoms with Crippen LogP contribution in [0.4, 0.5) is 5.69 Å². The quantitative estimate of drug-likeness (QED) is 0.306. The topological polar surface area (TPSA) is 95.3 Å². The Morgan fingerprint density at radius 3 is 2.35 bits per heavy atom. The van der Waals surface area contributed by atoms with E-state index in [1.54, 1.807) is 31.2 Å². The minimum Gasteiger partial charge on any atom is -0.493 e. The van der Waals surface area contributed by atoms with Gasteiger partial charge in [0.05, 0.1) is 24.5 Å². The molecule has 0 atom stereocenters. The van der Waals surface area contributed by atoms with E-state index in [0.717, 1.165) is 17.1 Å². The van der Waals surface area contributed by atoms with Gasteiger partial charge in [0.1, 0.15) is 5.75 Å². The zero-order chi connectivity index (χ0) is 24.5. The molecule has 1 amide bonds. The molecule has 8 nitrogen and oxygen atoms in total. The van der Waals surface area contributed by atoms with Crippen LogP contribution < -0.4 is 10.1 Å². The van der Waals surface area contributed by atoms with E-state index in [9.17, 15) is 9.59 Å². The van der Waals surface area contributed by atoms with Crippen LogP contribution in [-0.4, -0.2) is 45.6 Å². The lowest BCUT2D eigenvalue weighted by Crippen LogP contribution is -2.15. The largest absolute Gasteiger partial charge is 0.493 e. The van der Waals surface area contributed by atoms with Crippen molar-refractivity contribution >= 4 is 29.3 Å². The molecule has 0 aliphatic heterocycles. The Balaban J connectivity index is 1.59. The molecule has 0 unspecified atom stereocenters. The van der Waals surface area contributed by atoms with Crippen LogP contribution >= 0.6 is 11.8 Å². The molecular formula is C25H30N4O4S.